The van der Waals surface area contributed by atoms with Crippen molar-refractivity contribution in [1.29, 1.82) is 0 Å². The number of benzene rings is 2. The number of carbonyl (C=O) groups excluding carboxylic acids is 2. The first kappa shape index (κ1) is 19.9. The highest BCUT2D eigenvalue weighted by molar-refractivity contribution is 6.35. The van der Waals surface area contributed by atoms with Crippen LogP contribution in [0.15, 0.2) is 42.5 Å². The Hall–Kier alpha value is -2.84. The number of nitrogens with one attached hydrogen (secondary N) is 1. The van der Waals surface area contributed by atoms with Gasteiger partial charge >= 0.3 is 6.03 Å². The number of hydrogen-bond acceptors (Lipinski definition) is 4. The van der Waals surface area contributed by atoms with Gasteiger partial charge in [-0.25, -0.2) is 4.79 Å². The molecule has 10 heteroatoms. The number of nitro groups is 1. The number of anilines is 1. The number of carbonyl (C=O) groups is 2. The summed E-state index contributed by atoms with van der Waals surface area (Å²) in [7, 11) is 0. The van der Waals surface area contributed by atoms with Gasteiger partial charge in [0.1, 0.15) is 0 Å². The van der Waals surface area contributed by atoms with E-state index in [2.05, 4.69) is 5.32 Å². The van der Waals surface area contributed by atoms with Gasteiger partial charge in [-0.1, -0.05) is 23.2 Å². The number of nitrogens with zero attached hydrogens (tertiary/aromatic N) is 3. The second-order valence-electron chi connectivity index (χ2n) is 6.17. The molecule has 0 aromatic heterocycles. The molecule has 1 aliphatic heterocycles. The summed E-state index contributed by atoms with van der Waals surface area (Å²) in [5, 5.41) is 14.1. The predicted octanol–water partition coefficient (Wildman–Crippen LogP) is 3.89. The predicted molar refractivity (Wildman–Crippen MR) is 106 cm³/mol. The third-order valence-corrected chi connectivity index (χ3v) is 4.73. The Balaban J connectivity index is 1.56. The van der Waals surface area contributed by atoms with Crippen LogP contribution in [0.4, 0.5) is 16.2 Å². The van der Waals surface area contributed by atoms with Crippen molar-refractivity contribution in [2.24, 2.45) is 0 Å². The zero-order chi connectivity index (χ0) is 20.3. The van der Waals surface area contributed by atoms with Crippen molar-refractivity contribution < 1.29 is 14.5 Å². The van der Waals surface area contributed by atoms with Gasteiger partial charge in [0.05, 0.1) is 4.92 Å². The minimum absolute atomic E-state index is 0.0498. The van der Waals surface area contributed by atoms with Crippen LogP contribution in [0.5, 0.6) is 0 Å². The van der Waals surface area contributed by atoms with E-state index < -0.39 is 4.92 Å². The third-order valence-electron chi connectivity index (χ3n) is 4.29. The van der Waals surface area contributed by atoms with Crippen LogP contribution in [0.2, 0.25) is 10.0 Å². The molecule has 0 aliphatic carbocycles. The minimum atomic E-state index is -0.505. The maximum absolute atomic E-state index is 12.6. The molecule has 1 fully saturated rings. The van der Waals surface area contributed by atoms with E-state index in [1.54, 1.807) is 28.0 Å². The van der Waals surface area contributed by atoms with E-state index in [-0.39, 0.29) is 17.6 Å². The number of halogens is 2. The third kappa shape index (κ3) is 4.71. The summed E-state index contributed by atoms with van der Waals surface area (Å²) in [6, 6.07) is 9.93. The molecule has 146 valence electrons. The number of non-ortho nitro benzene ring substituents is 1. The van der Waals surface area contributed by atoms with Crippen molar-refractivity contribution in [3.63, 3.8) is 0 Å². The molecule has 3 rings (SSSR count). The van der Waals surface area contributed by atoms with Gasteiger partial charge in [0.15, 0.2) is 0 Å². The van der Waals surface area contributed by atoms with Crippen LogP contribution >= 0.6 is 23.2 Å². The van der Waals surface area contributed by atoms with Crippen molar-refractivity contribution >= 4 is 46.5 Å². The number of piperazine rings is 1. The van der Waals surface area contributed by atoms with E-state index in [1.165, 1.54) is 24.3 Å². The quantitative estimate of drug-likeness (QED) is 0.599. The molecule has 8 nitrogen and oxygen atoms in total. The highest BCUT2D eigenvalue weighted by Crippen LogP contribution is 2.21. The fourth-order valence-electron chi connectivity index (χ4n) is 2.84. The number of nitro benzene ring substituents is 1. The van der Waals surface area contributed by atoms with Crippen LogP contribution in [0, 0.1) is 10.1 Å². The van der Waals surface area contributed by atoms with Gasteiger partial charge in [-0.05, 0) is 30.3 Å². The number of rotatable bonds is 3. The first-order valence-electron chi connectivity index (χ1n) is 8.39. The van der Waals surface area contributed by atoms with Crippen LogP contribution in [0.1, 0.15) is 10.4 Å². The van der Waals surface area contributed by atoms with E-state index in [0.717, 1.165) is 0 Å². The molecular formula is C18H16Cl2N4O4. The number of urea groups is 1. The average Bonchev–Trinajstić information content (AvgIpc) is 2.67. The van der Waals surface area contributed by atoms with Gasteiger partial charge < -0.3 is 15.1 Å². The Labute approximate surface area is 170 Å². The normalized spacial score (nSPS) is 13.9. The molecule has 0 saturated carbocycles. The van der Waals surface area contributed by atoms with E-state index in [4.69, 9.17) is 23.2 Å². The van der Waals surface area contributed by atoms with Crippen LogP contribution < -0.4 is 5.32 Å². The molecule has 2 aromatic rings. The fourth-order valence-corrected chi connectivity index (χ4v) is 3.37. The smallest absolute Gasteiger partial charge is 0.321 e. The monoisotopic (exact) mass is 422 g/mol. The second kappa shape index (κ2) is 8.45. The summed E-state index contributed by atoms with van der Waals surface area (Å²) in [6.45, 7) is 1.46. The lowest BCUT2D eigenvalue weighted by Gasteiger charge is -2.34. The fraction of sp³-hybridized carbons (Fsp3) is 0.222. The molecule has 0 radical (unpaired) electrons. The lowest BCUT2D eigenvalue weighted by Crippen LogP contribution is -2.51. The van der Waals surface area contributed by atoms with E-state index in [9.17, 15) is 19.7 Å². The Bertz CT molecular complexity index is 892. The number of amides is 3. The van der Waals surface area contributed by atoms with Crippen molar-refractivity contribution in [2.75, 3.05) is 31.5 Å². The van der Waals surface area contributed by atoms with Crippen LogP contribution in [0.3, 0.4) is 0 Å². The second-order valence-corrected chi connectivity index (χ2v) is 7.04. The largest absolute Gasteiger partial charge is 0.335 e. The molecule has 0 unspecified atom stereocenters. The molecule has 0 spiro atoms. The number of hydrogen-bond donors (Lipinski definition) is 1. The molecule has 1 aliphatic rings. The Morgan fingerprint density at radius 2 is 1.46 bits per heavy atom. The first-order chi connectivity index (χ1) is 13.3. The summed E-state index contributed by atoms with van der Waals surface area (Å²) in [6.07, 6.45) is 0. The molecule has 1 N–H and O–H groups in total. The summed E-state index contributed by atoms with van der Waals surface area (Å²) >= 11 is 11.9. The Morgan fingerprint density at radius 1 is 0.929 bits per heavy atom. The van der Waals surface area contributed by atoms with E-state index in [0.29, 0.717) is 47.5 Å². The first-order valence-corrected chi connectivity index (χ1v) is 9.15. The summed E-state index contributed by atoms with van der Waals surface area (Å²) in [5.41, 5.74) is 0.815. The summed E-state index contributed by atoms with van der Waals surface area (Å²) in [5.74, 6) is -0.195. The lowest BCUT2D eigenvalue weighted by molar-refractivity contribution is -0.384. The van der Waals surface area contributed by atoms with Crippen molar-refractivity contribution in [2.45, 2.75) is 0 Å². The van der Waals surface area contributed by atoms with Crippen LogP contribution in [-0.2, 0) is 0 Å². The van der Waals surface area contributed by atoms with Gasteiger partial charge in [-0.15, -0.1) is 0 Å². The van der Waals surface area contributed by atoms with Gasteiger partial charge in [0.2, 0.25) is 0 Å². The maximum atomic E-state index is 12.6. The molecule has 0 bridgehead atoms. The summed E-state index contributed by atoms with van der Waals surface area (Å²) < 4.78 is 0. The Kier molecular flexibility index (Phi) is 6.01. The molecular weight excluding hydrogens is 407 g/mol. The highest BCUT2D eigenvalue weighted by atomic mass is 35.5. The standard InChI is InChI=1S/C18H16Cl2N4O4/c19-13-9-12(10-14(20)11-13)17(25)22-5-7-23(8-6-22)18(26)21-15-1-3-16(4-2-15)24(27)28/h1-4,9-11H,5-8H2,(H,21,26). The molecule has 2 aromatic carbocycles. The van der Waals surface area contributed by atoms with Crippen LogP contribution in [-0.4, -0.2) is 52.8 Å². The van der Waals surface area contributed by atoms with Gasteiger partial charge in [0.25, 0.3) is 11.6 Å². The van der Waals surface area contributed by atoms with Gasteiger partial charge in [0, 0.05) is 59.6 Å². The average molecular weight is 423 g/mol. The zero-order valence-corrected chi connectivity index (χ0v) is 16.1. The molecule has 0 atom stereocenters. The minimum Gasteiger partial charge on any atom is -0.335 e. The van der Waals surface area contributed by atoms with Crippen molar-refractivity contribution in [3.05, 3.63) is 68.2 Å². The maximum Gasteiger partial charge on any atom is 0.321 e. The van der Waals surface area contributed by atoms with Crippen molar-refractivity contribution in [1.82, 2.24) is 9.80 Å². The molecule has 1 heterocycles. The Morgan fingerprint density at radius 3 is 2.00 bits per heavy atom. The lowest BCUT2D eigenvalue weighted by atomic mass is 10.2. The molecule has 28 heavy (non-hydrogen) atoms. The topological polar surface area (TPSA) is 95.8 Å². The molecule has 1 saturated heterocycles. The van der Waals surface area contributed by atoms with Crippen molar-refractivity contribution in [3.8, 4) is 0 Å². The van der Waals surface area contributed by atoms with E-state index in [1.807, 2.05) is 0 Å². The van der Waals surface area contributed by atoms with Gasteiger partial charge in [-0.3, -0.25) is 14.9 Å². The summed E-state index contributed by atoms with van der Waals surface area (Å²) in [4.78, 5) is 38.3. The zero-order valence-electron chi connectivity index (χ0n) is 14.6. The SMILES string of the molecule is O=C(Nc1ccc([N+](=O)[O-])cc1)N1CCN(C(=O)c2cc(Cl)cc(Cl)c2)CC1. The van der Waals surface area contributed by atoms with Gasteiger partial charge in [-0.2, -0.15) is 0 Å². The van der Waals surface area contributed by atoms with Crippen LogP contribution in [0.25, 0.3) is 0 Å². The van der Waals surface area contributed by atoms with E-state index >= 15 is 0 Å². The highest BCUT2D eigenvalue weighted by Gasteiger charge is 2.25. The molecule has 3 amide bonds.